The molecule has 3 heterocycles. The van der Waals surface area contributed by atoms with Crippen LogP contribution in [0.1, 0.15) is 55.9 Å². The van der Waals surface area contributed by atoms with Crippen molar-refractivity contribution in [2.75, 3.05) is 0 Å². The van der Waals surface area contributed by atoms with Crippen LogP contribution >= 0.6 is 0 Å². The fourth-order valence-corrected chi connectivity index (χ4v) is 4.35. The highest BCUT2D eigenvalue weighted by molar-refractivity contribution is 5.74. The Morgan fingerprint density at radius 2 is 1.90 bits per heavy atom. The molecule has 0 radical (unpaired) electrons. The molecule has 1 aromatic carbocycles. The molecule has 0 amide bonds. The summed E-state index contributed by atoms with van der Waals surface area (Å²) in [6.45, 7) is 5.11. The highest BCUT2D eigenvalue weighted by atomic mass is 16.5. The summed E-state index contributed by atoms with van der Waals surface area (Å²) in [6.07, 6.45) is 6.29. The third-order valence-electron chi connectivity index (χ3n) is 5.83. The molecule has 1 aliphatic carbocycles. The maximum absolute atomic E-state index is 6.26. The Bertz CT molecular complexity index is 1160. The Labute approximate surface area is 175 Å². The fourth-order valence-electron chi connectivity index (χ4n) is 4.35. The molecule has 8 nitrogen and oxygen atoms in total. The Hall–Kier alpha value is -3.29. The lowest BCUT2D eigenvalue weighted by Crippen LogP contribution is -2.10. The van der Waals surface area contributed by atoms with Gasteiger partial charge in [-0.15, -0.1) is 10.2 Å². The SMILES string of the molecule is CCn1ncnc1COc1nc2c(-c3ccccc3)nnc(C)n2c1C1CCCC1. The van der Waals surface area contributed by atoms with Crippen LogP contribution in [0.5, 0.6) is 5.88 Å². The molecule has 154 valence electrons. The minimum absolute atomic E-state index is 0.331. The second-order valence-corrected chi connectivity index (χ2v) is 7.69. The second kappa shape index (κ2) is 7.85. The lowest BCUT2D eigenvalue weighted by Gasteiger charge is -2.13. The summed E-state index contributed by atoms with van der Waals surface area (Å²) < 4.78 is 10.2. The predicted octanol–water partition coefficient (Wildman–Crippen LogP) is 3.95. The minimum Gasteiger partial charge on any atom is -0.468 e. The molecule has 1 fully saturated rings. The number of nitrogens with zero attached hydrogens (tertiary/aromatic N) is 7. The van der Waals surface area contributed by atoms with Gasteiger partial charge in [-0.1, -0.05) is 43.2 Å². The number of hydrogen-bond donors (Lipinski definition) is 0. The van der Waals surface area contributed by atoms with Gasteiger partial charge in [-0.2, -0.15) is 10.1 Å². The zero-order chi connectivity index (χ0) is 20.5. The summed E-state index contributed by atoms with van der Waals surface area (Å²) >= 11 is 0. The summed E-state index contributed by atoms with van der Waals surface area (Å²) in [5.41, 5.74) is 3.67. The molecule has 0 aliphatic heterocycles. The third kappa shape index (κ3) is 3.22. The van der Waals surface area contributed by atoms with Crippen molar-refractivity contribution in [2.24, 2.45) is 0 Å². The van der Waals surface area contributed by atoms with Gasteiger partial charge in [0, 0.05) is 18.0 Å². The molecule has 4 aromatic rings. The predicted molar refractivity (Wildman–Crippen MR) is 112 cm³/mol. The highest BCUT2D eigenvalue weighted by Gasteiger charge is 2.29. The quantitative estimate of drug-likeness (QED) is 0.485. The van der Waals surface area contributed by atoms with E-state index in [0.29, 0.717) is 18.4 Å². The maximum Gasteiger partial charge on any atom is 0.236 e. The average molecular weight is 403 g/mol. The molecule has 0 spiro atoms. The molecule has 0 saturated heterocycles. The lowest BCUT2D eigenvalue weighted by molar-refractivity contribution is 0.272. The van der Waals surface area contributed by atoms with Crippen molar-refractivity contribution >= 4 is 5.65 Å². The van der Waals surface area contributed by atoms with Crippen LogP contribution in [0.4, 0.5) is 0 Å². The van der Waals surface area contributed by atoms with Crippen molar-refractivity contribution in [2.45, 2.75) is 58.6 Å². The summed E-state index contributed by atoms with van der Waals surface area (Å²) in [5.74, 6) is 2.68. The van der Waals surface area contributed by atoms with Crippen molar-refractivity contribution in [1.82, 2.24) is 34.3 Å². The van der Waals surface area contributed by atoms with E-state index in [1.165, 1.54) is 12.8 Å². The van der Waals surface area contributed by atoms with Crippen LogP contribution < -0.4 is 4.74 Å². The van der Waals surface area contributed by atoms with E-state index in [1.807, 2.05) is 48.9 Å². The molecule has 30 heavy (non-hydrogen) atoms. The van der Waals surface area contributed by atoms with Gasteiger partial charge in [0.2, 0.25) is 5.88 Å². The Morgan fingerprint density at radius 3 is 2.67 bits per heavy atom. The Morgan fingerprint density at radius 1 is 1.10 bits per heavy atom. The smallest absolute Gasteiger partial charge is 0.236 e. The highest BCUT2D eigenvalue weighted by Crippen LogP contribution is 2.40. The number of aromatic nitrogens is 7. The van der Waals surface area contributed by atoms with E-state index in [2.05, 4.69) is 24.7 Å². The average Bonchev–Trinajstić information content (AvgIpc) is 3.52. The van der Waals surface area contributed by atoms with Gasteiger partial charge in [0.05, 0.1) is 5.69 Å². The number of ether oxygens (including phenoxy) is 1. The van der Waals surface area contributed by atoms with Crippen molar-refractivity contribution < 1.29 is 4.74 Å². The largest absolute Gasteiger partial charge is 0.468 e. The van der Waals surface area contributed by atoms with Gasteiger partial charge in [-0.05, 0) is 26.7 Å². The zero-order valence-electron chi connectivity index (χ0n) is 17.3. The first-order valence-corrected chi connectivity index (χ1v) is 10.6. The van der Waals surface area contributed by atoms with Crippen LogP contribution in [0.25, 0.3) is 16.9 Å². The second-order valence-electron chi connectivity index (χ2n) is 7.69. The van der Waals surface area contributed by atoms with E-state index in [0.717, 1.165) is 53.6 Å². The lowest BCUT2D eigenvalue weighted by atomic mass is 10.0. The van der Waals surface area contributed by atoms with Crippen molar-refractivity contribution in [3.05, 3.63) is 54.0 Å². The summed E-state index contributed by atoms with van der Waals surface area (Å²) in [7, 11) is 0. The Kier molecular flexibility index (Phi) is 4.90. The maximum atomic E-state index is 6.26. The number of imidazole rings is 1. The molecule has 5 rings (SSSR count). The molecule has 0 N–H and O–H groups in total. The summed E-state index contributed by atoms with van der Waals surface area (Å²) in [6, 6.07) is 10.1. The van der Waals surface area contributed by atoms with Crippen LogP contribution in [-0.4, -0.2) is 34.3 Å². The molecule has 0 bridgehead atoms. The van der Waals surface area contributed by atoms with Crippen LogP contribution in [-0.2, 0) is 13.2 Å². The molecular weight excluding hydrogens is 378 g/mol. The van der Waals surface area contributed by atoms with Gasteiger partial charge in [0.15, 0.2) is 11.5 Å². The molecule has 8 heteroatoms. The van der Waals surface area contributed by atoms with Gasteiger partial charge in [0.25, 0.3) is 0 Å². The van der Waals surface area contributed by atoms with Gasteiger partial charge < -0.3 is 4.74 Å². The van der Waals surface area contributed by atoms with Crippen molar-refractivity contribution in [3.63, 3.8) is 0 Å². The molecule has 0 atom stereocenters. The zero-order valence-corrected chi connectivity index (χ0v) is 17.3. The number of aryl methyl sites for hydroxylation is 2. The third-order valence-corrected chi connectivity index (χ3v) is 5.83. The van der Waals surface area contributed by atoms with Crippen LogP contribution in [0, 0.1) is 6.92 Å². The fraction of sp³-hybridized carbons (Fsp3) is 0.409. The normalized spacial score (nSPS) is 14.6. The molecule has 0 unspecified atom stereocenters. The van der Waals surface area contributed by atoms with Crippen LogP contribution in [0.15, 0.2) is 36.7 Å². The number of benzene rings is 1. The van der Waals surface area contributed by atoms with Gasteiger partial charge in [-0.25, -0.2) is 9.67 Å². The monoisotopic (exact) mass is 403 g/mol. The molecular formula is C22H25N7O. The first-order valence-electron chi connectivity index (χ1n) is 10.6. The van der Waals surface area contributed by atoms with E-state index in [4.69, 9.17) is 9.72 Å². The number of fused-ring (bicyclic) bond motifs is 1. The van der Waals surface area contributed by atoms with E-state index in [9.17, 15) is 0 Å². The van der Waals surface area contributed by atoms with Gasteiger partial charge >= 0.3 is 0 Å². The number of rotatable bonds is 6. The topological polar surface area (TPSA) is 83.0 Å². The number of hydrogen-bond acceptors (Lipinski definition) is 6. The van der Waals surface area contributed by atoms with E-state index < -0.39 is 0 Å². The van der Waals surface area contributed by atoms with Crippen molar-refractivity contribution in [3.8, 4) is 17.1 Å². The summed E-state index contributed by atoms with van der Waals surface area (Å²) in [4.78, 5) is 9.26. The van der Waals surface area contributed by atoms with Gasteiger partial charge in [0.1, 0.15) is 24.5 Å². The van der Waals surface area contributed by atoms with E-state index in [1.54, 1.807) is 6.33 Å². The first-order chi connectivity index (χ1) is 14.8. The molecule has 3 aromatic heterocycles. The van der Waals surface area contributed by atoms with Crippen LogP contribution in [0.3, 0.4) is 0 Å². The first kappa shape index (κ1) is 18.7. The standard InChI is InChI=1S/C22H25N7O/c1-3-28-18(23-14-24-28)13-30-22-20(17-11-7-8-12-17)29-15(2)26-27-19(21(29)25-22)16-9-5-4-6-10-16/h4-6,9-10,14,17H,3,7-8,11-13H2,1-2H3. The Balaban J connectivity index is 1.63. The molecule has 1 aliphatic rings. The molecule has 1 saturated carbocycles. The van der Waals surface area contributed by atoms with E-state index >= 15 is 0 Å². The van der Waals surface area contributed by atoms with Crippen LogP contribution in [0.2, 0.25) is 0 Å². The van der Waals surface area contributed by atoms with Gasteiger partial charge in [-0.3, -0.25) is 4.40 Å². The van der Waals surface area contributed by atoms with Crippen molar-refractivity contribution in [1.29, 1.82) is 0 Å². The minimum atomic E-state index is 0.331. The summed E-state index contributed by atoms with van der Waals surface area (Å²) in [5, 5.41) is 13.2. The van der Waals surface area contributed by atoms with E-state index in [-0.39, 0.29) is 0 Å².